The first-order valence-corrected chi connectivity index (χ1v) is 10.4. The summed E-state index contributed by atoms with van der Waals surface area (Å²) in [4.78, 5) is 17.8. The Kier molecular flexibility index (Phi) is 5.84. The molecule has 0 aliphatic carbocycles. The molecule has 1 amide bonds. The topological polar surface area (TPSA) is 54.0 Å². The number of ether oxygens (including phenoxy) is 2. The summed E-state index contributed by atoms with van der Waals surface area (Å²) in [5.41, 5.74) is 3.43. The van der Waals surface area contributed by atoms with Gasteiger partial charge in [0, 0.05) is 37.9 Å². The molecule has 2 aliphatic rings. The van der Waals surface area contributed by atoms with Crippen LogP contribution in [0.25, 0.3) is 0 Å². The molecule has 2 atom stereocenters. The van der Waals surface area contributed by atoms with Gasteiger partial charge in [0.25, 0.3) is 0 Å². The third-order valence-electron chi connectivity index (χ3n) is 6.11. The molecule has 0 radical (unpaired) electrons. The zero-order valence-electron chi connectivity index (χ0n) is 17.6. The van der Waals surface area contributed by atoms with Gasteiger partial charge in [0.15, 0.2) is 0 Å². The molecule has 2 aromatic carbocycles. The first kappa shape index (κ1) is 20.1. The maximum absolute atomic E-state index is 13.1. The van der Waals surface area contributed by atoms with Gasteiger partial charge in [-0.2, -0.15) is 0 Å². The van der Waals surface area contributed by atoms with Crippen molar-refractivity contribution in [2.24, 2.45) is 5.92 Å². The standard InChI is InChI=1S/C24H29N3O3/c1-4-11-25-24(28)19-14-17-9-10-18(29-2)15-21(17)27-13-12-26(16-22(19)27)20-7-5-6-8-23(20)30-3/h4-10,15,19,22H,1,11-14,16H2,2-3H3,(H,25,28)/t19-,22+/m0/s1. The Morgan fingerprint density at radius 3 is 2.77 bits per heavy atom. The minimum absolute atomic E-state index is 0.0630. The number of benzene rings is 2. The van der Waals surface area contributed by atoms with Crippen LogP contribution in [-0.4, -0.2) is 52.3 Å². The molecule has 158 valence electrons. The van der Waals surface area contributed by atoms with Crippen LogP contribution in [0.15, 0.2) is 55.1 Å². The third kappa shape index (κ3) is 3.70. The highest BCUT2D eigenvalue weighted by Gasteiger charge is 2.42. The van der Waals surface area contributed by atoms with Gasteiger partial charge >= 0.3 is 0 Å². The molecule has 2 aliphatic heterocycles. The van der Waals surface area contributed by atoms with Gasteiger partial charge in [-0.1, -0.05) is 24.3 Å². The van der Waals surface area contributed by atoms with Gasteiger partial charge in [-0.15, -0.1) is 6.58 Å². The summed E-state index contributed by atoms with van der Waals surface area (Å²) in [6, 6.07) is 14.3. The fraction of sp³-hybridized carbons (Fsp3) is 0.375. The van der Waals surface area contributed by atoms with Gasteiger partial charge in [-0.05, 0) is 30.2 Å². The lowest BCUT2D eigenvalue weighted by Crippen LogP contribution is -2.61. The summed E-state index contributed by atoms with van der Waals surface area (Å²) < 4.78 is 11.1. The lowest BCUT2D eigenvalue weighted by Gasteiger charge is -2.49. The smallest absolute Gasteiger partial charge is 0.225 e. The van der Waals surface area contributed by atoms with Crippen LogP contribution in [0.4, 0.5) is 11.4 Å². The van der Waals surface area contributed by atoms with Crippen molar-refractivity contribution in [2.45, 2.75) is 12.5 Å². The van der Waals surface area contributed by atoms with E-state index in [1.807, 2.05) is 24.3 Å². The van der Waals surface area contributed by atoms with Crippen LogP contribution in [-0.2, 0) is 11.2 Å². The lowest BCUT2D eigenvalue weighted by atomic mass is 9.83. The highest BCUT2D eigenvalue weighted by molar-refractivity contribution is 5.82. The number of amides is 1. The Labute approximate surface area is 178 Å². The van der Waals surface area contributed by atoms with Gasteiger partial charge in [0.1, 0.15) is 11.5 Å². The molecule has 6 heteroatoms. The number of nitrogens with one attached hydrogen (secondary N) is 1. The molecule has 0 bridgehead atoms. The molecule has 4 rings (SSSR count). The predicted molar refractivity (Wildman–Crippen MR) is 120 cm³/mol. The van der Waals surface area contributed by atoms with Gasteiger partial charge < -0.3 is 24.6 Å². The van der Waals surface area contributed by atoms with E-state index in [0.717, 1.165) is 36.8 Å². The number of nitrogens with zero attached hydrogens (tertiary/aromatic N) is 2. The molecule has 1 fully saturated rings. The summed E-state index contributed by atoms with van der Waals surface area (Å²) in [6.07, 6.45) is 2.43. The fourth-order valence-electron chi connectivity index (χ4n) is 4.62. The van der Waals surface area contributed by atoms with Gasteiger partial charge in [-0.25, -0.2) is 0 Å². The average molecular weight is 408 g/mol. The second kappa shape index (κ2) is 8.69. The second-order valence-corrected chi connectivity index (χ2v) is 7.72. The Balaban J connectivity index is 1.68. The largest absolute Gasteiger partial charge is 0.497 e. The summed E-state index contributed by atoms with van der Waals surface area (Å²) in [7, 11) is 3.39. The highest BCUT2D eigenvalue weighted by atomic mass is 16.5. The van der Waals surface area contributed by atoms with Crippen LogP contribution in [0.2, 0.25) is 0 Å². The van der Waals surface area contributed by atoms with E-state index in [0.29, 0.717) is 13.0 Å². The van der Waals surface area contributed by atoms with Crippen molar-refractivity contribution >= 4 is 17.3 Å². The SMILES string of the molecule is C=CCNC(=O)[C@H]1Cc2ccc(OC)cc2N2CCN(c3ccccc3OC)C[C@H]12. The molecular weight excluding hydrogens is 378 g/mol. The lowest BCUT2D eigenvalue weighted by molar-refractivity contribution is -0.125. The van der Waals surface area contributed by atoms with Crippen LogP contribution in [0.5, 0.6) is 11.5 Å². The highest BCUT2D eigenvalue weighted by Crippen LogP contribution is 2.40. The average Bonchev–Trinajstić information content (AvgIpc) is 2.81. The van der Waals surface area contributed by atoms with Crippen molar-refractivity contribution in [3.05, 3.63) is 60.7 Å². The maximum Gasteiger partial charge on any atom is 0.225 e. The zero-order chi connectivity index (χ0) is 21.1. The molecule has 2 heterocycles. The Morgan fingerprint density at radius 2 is 2.00 bits per heavy atom. The van der Waals surface area contributed by atoms with E-state index >= 15 is 0 Å². The number of hydrogen-bond donors (Lipinski definition) is 1. The van der Waals surface area contributed by atoms with Crippen molar-refractivity contribution in [3.63, 3.8) is 0 Å². The molecule has 6 nitrogen and oxygen atoms in total. The van der Waals surface area contributed by atoms with Crippen molar-refractivity contribution < 1.29 is 14.3 Å². The van der Waals surface area contributed by atoms with E-state index in [1.54, 1.807) is 20.3 Å². The molecule has 30 heavy (non-hydrogen) atoms. The van der Waals surface area contributed by atoms with Crippen LogP contribution in [0, 0.1) is 5.92 Å². The third-order valence-corrected chi connectivity index (χ3v) is 6.11. The normalized spacial score (nSPS) is 20.1. The maximum atomic E-state index is 13.1. The summed E-state index contributed by atoms with van der Waals surface area (Å²) >= 11 is 0. The molecule has 2 aromatic rings. The summed E-state index contributed by atoms with van der Waals surface area (Å²) in [5.74, 6) is 1.64. The quantitative estimate of drug-likeness (QED) is 0.747. The second-order valence-electron chi connectivity index (χ2n) is 7.72. The zero-order valence-corrected chi connectivity index (χ0v) is 17.6. The van der Waals surface area contributed by atoms with Crippen molar-refractivity contribution in [2.75, 3.05) is 50.2 Å². The number of rotatable bonds is 6. The van der Waals surface area contributed by atoms with E-state index in [4.69, 9.17) is 9.47 Å². The van der Waals surface area contributed by atoms with Gasteiger partial charge in [0.2, 0.25) is 5.91 Å². The fourth-order valence-corrected chi connectivity index (χ4v) is 4.62. The predicted octanol–water partition coefficient (Wildman–Crippen LogP) is 2.87. The number of piperazine rings is 1. The van der Waals surface area contributed by atoms with Crippen molar-refractivity contribution in [3.8, 4) is 11.5 Å². The number of methoxy groups -OCH3 is 2. The molecular formula is C24H29N3O3. The summed E-state index contributed by atoms with van der Waals surface area (Å²) in [5, 5.41) is 3.01. The Morgan fingerprint density at radius 1 is 1.17 bits per heavy atom. The number of hydrogen-bond acceptors (Lipinski definition) is 5. The number of fused-ring (bicyclic) bond motifs is 3. The molecule has 0 spiro atoms. The molecule has 1 N–H and O–H groups in total. The van der Waals surface area contributed by atoms with Crippen LogP contribution in [0.3, 0.4) is 0 Å². The van der Waals surface area contributed by atoms with E-state index < -0.39 is 0 Å². The first-order valence-electron chi connectivity index (χ1n) is 10.4. The number of carbonyl (C=O) groups is 1. The Bertz CT molecular complexity index is 930. The summed E-state index contributed by atoms with van der Waals surface area (Å²) in [6.45, 7) is 6.64. The molecule has 1 saturated heterocycles. The minimum atomic E-state index is -0.136. The number of para-hydroxylation sites is 2. The number of carbonyl (C=O) groups excluding carboxylic acids is 1. The van der Waals surface area contributed by atoms with Crippen molar-refractivity contribution in [1.82, 2.24) is 5.32 Å². The van der Waals surface area contributed by atoms with Gasteiger partial charge in [0.05, 0.1) is 31.9 Å². The monoisotopic (exact) mass is 407 g/mol. The van der Waals surface area contributed by atoms with Crippen LogP contribution < -0.4 is 24.6 Å². The molecule has 0 unspecified atom stereocenters. The first-order chi connectivity index (χ1) is 14.7. The Hall–Kier alpha value is -3.15. The van der Waals surface area contributed by atoms with E-state index in [2.05, 4.69) is 39.9 Å². The molecule has 0 saturated carbocycles. The minimum Gasteiger partial charge on any atom is -0.497 e. The van der Waals surface area contributed by atoms with E-state index in [9.17, 15) is 4.79 Å². The van der Waals surface area contributed by atoms with Crippen LogP contribution in [0.1, 0.15) is 5.56 Å². The number of anilines is 2. The van der Waals surface area contributed by atoms with E-state index in [1.165, 1.54) is 11.3 Å². The van der Waals surface area contributed by atoms with Crippen LogP contribution >= 0.6 is 0 Å². The van der Waals surface area contributed by atoms with Gasteiger partial charge in [-0.3, -0.25) is 4.79 Å². The molecule has 0 aromatic heterocycles. The van der Waals surface area contributed by atoms with E-state index in [-0.39, 0.29) is 17.9 Å². The van der Waals surface area contributed by atoms with Crippen molar-refractivity contribution in [1.29, 1.82) is 0 Å².